The van der Waals surface area contributed by atoms with Crippen LogP contribution in [0.15, 0.2) is 51.3 Å². The Morgan fingerprint density at radius 2 is 2.10 bits per heavy atom. The summed E-state index contributed by atoms with van der Waals surface area (Å²) in [7, 11) is 3.68. The summed E-state index contributed by atoms with van der Waals surface area (Å²) in [4.78, 5) is 18.0. The molecule has 0 spiro atoms. The van der Waals surface area contributed by atoms with Gasteiger partial charge in [-0.25, -0.2) is 10.4 Å². The van der Waals surface area contributed by atoms with Crippen LogP contribution in [0.1, 0.15) is 17.0 Å². The van der Waals surface area contributed by atoms with Crippen molar-refractivity contribution >= 4 is 40.2 Å². The largest absolute Gasteiger partial charge is 0.440 e. The van der Waals surface area contributed by atoms with Crippen LogP contribution < -0.4 is 15.6 Å². The van der Waals surface area contributed by atoms with Crippen molar-refractivity contribution < 1.29 is 22.4 Å². The lowest BCUT2D eigenvalue weighted by atomic mass is 10.2. The van der Waals surface area contributed by atoms with Crippen molar-refractivity contribution in [2.45, 2.75) is 12.6 Å². The van der Waals surface area contributed by atoms with Crippen LogP contribution in [0.3, 0.4) is 0 Å². The van der Waals surface area contributed by atoms with Crippen LogP contribution in [0, 0.1) is 0 Å². The predicted molar refractivity (Wildman–Crippen MR) is 109 cm³/mol. The Balaban J connectivity index is 1.53. The van der Waals surface area contributed by atoms with Crippen molar-refractivity contribution in [2.75, 3.05) is 24.3 Å². The zero-order valence-corrected chi connectivity index (χ0v) is 16.8. The van der Waals surface area contributed by atoms with Gasteiger partial charge in [0, 0.05) is 31.2 Å². The fourth-order valence-electron chi connectivity index (χ4n) is 2.37. The molecular formula is C19H18F3N5O2S. The number of hydrazone groups is 1. The Hall–Kier alpha value is -3.34. The van der Waals surface area contributed by atoms with Gasteiger partial charge in [-0.15, -0.1) is 11.3 Å². The van der Waals surface area contributed by atoms with Gasteiger partial charge in [0.05, 0.1) is 23.9 Å². The fraction of sp³-hybridized carbons (Fsp3) is 0.211. The molecule has 158 valence electrons. The Morgan fingerprint density at radius 3 is 2.80 bits per heavy atom. The Kier molecular flexibility index (Phi) is 6.40. The van der Waals surface area contributed by atoms with Crippen LogP contribution in [0.5, 0.6) is 0 Å². The lowest BCUT2D eigenvalue weighted by Crippen LogP contribution is -2.19. The van der Waals surface area contributed by atoms with Crippen LogP contribution in [0.25, 0.3) is 0 Å². The Morgan fingerprint density at radius 1 is 1.30 bits per heavy atom. The molecular weight excluding hydrogens is 419 g/mol. The number of amides is 1. The van der Waals surface area contributed by atoms with Gasteiger partial charge in [-0.1, -0.05) is 6.07 Å². The Labute approximate surface area is 174 Å². The van der Waals surface area contributed by atoms with Crippen LogP contribution in [0.2, 0.25) is 0 Å². The molecule has 2 aromatic heterocycles. The molecule has 0 aliphatic rings. The minimum absolute atomic E-state index is 0.0286. The summed E-state index contributed by atoms with van der Waals surface area (Å²) in [6.07, 6.45) is -3.07. The quantitative estimate of drug-likeness (QED) is 0.426. The molecule has 3 aromatic rings. The van der Waals surface area contributed by atoms with E-state index in [-0.39, 0.29) is 18.0 Å². The van der Waals surface area contributed by atoms with Gasteiger partial charge in [-0.2, -0.15) is 18.3 Å². The van der Waals surface area contributed by atoms with Crippen LogP contribution in [-0.2, 0) is 17.4 Å². The molecule has 2 N–H and O–H groups in total. The molecule has 0 unspecified atom stereocenters. The minimum Gasteiger partial charge on any atom is -0.440 e. The lowest BCUT2D eigenvalue weighted by molar-refractivity contribution is -0.137. The molecule has 0 saturated carbocycles. The highest BCUT2D eigenvalue weighted by Crippen LogP contribution is 2.31. The number of furan rings is 1. The van der Waals surface area contributed by atoms with E-state index < -0.39 is 11.7 Å². The summed E-state index contributed by atoms with van der Waals surface area (Å²) in [6.45, 7) is 0. The second-order valence-electron chi connectivity index (χ2n) is 6.39. The second kappa shape index (κ2) is 8.99. The summed E-state index contributed by atoms with van der Waals surface area (Å²) in [5.41, 5.74) is 2.35. The maximum absolute atomic E-state index is 12.8. The lowest BCUT2D eigenvalue weighted by Gasteiger charge is -2.08. The fourth-order valence-corrected chi connectivity index (χ4v) is 3.10. The molecule has 3 rings (SSSR count). The third kappa shape index (κ3) is 5.83. The molecule has 2 heterocycles. The first-order valence-corrected chi connectivity index (χ1v) is 9.56. The highest BCUT2D eigenvalue weighted by Gasteiger charge is 2.30. The minimum atomic E-state index is -4.42. The van der Waals surface area contributed by atoms with E-state index in [1.807, 2.05) is 14.1 Å². The summed E-state index contributed by atoms with van der Waals surface area (Å²) < 4.78 is 43.9. The van der Waals surface area contributed by atoms with Gasteiger partial charge < -0.3 is 14.6 Å². The molecule has 7 nitrogen and oxygen atoms in total. The monoisotopic (exact) mass is 437 g/mol. The van der Waals surface area contributed by atoms with Gasteiger partial charge in [0.2, 0.25) is 5.91 Å². The number of halogens is 3. The Bertz CT molecular complexity index is 1040. The van der Waals surface area contributed by atoms with Gasteiger partial charge >= 0.3 is 6.18 Å². The van der Waals surface area contributed by atoms with Crippen LogP contribution in [-0.4, -0.2) is 31.2 Å². The molecule has 0 aliphatic carbocycles. The van der Waals surface area contributed by atoms with E-state index in [2.05, 4.69) is 20.8 Å². The first-order valence-electron chi connectivity index (χ1n) is 8.68. The van der Waals surface area contributed by atoms with Gasteiger partial charge in [0.1, 0.15) is 5.76 Å². The number of hydrogen-bond acceptors (Lipinski definition) is 7. The number of thiazole rings is 1. The number of carbonyl (C=O) groups excluding carboxylic acids is 1. The number of aromatic nitrogens is 1. The van der Waals surface area contributed by atoms with Crippen molar-refractivity contribution in [3.8, 4) is 0 Å². The van der Waals surface area contributed by atoms with E-state index in [1.54, 1.807) is 22.4 Å². The predicted octanol–water partition coefficient (Wildman–Crippen LogP) is 4.26. The van der Waals surface area contributed by atoms with Crippen molar-refractivity contribution in [3.63, 3.8) is 0 Å². The molecule has 30 heavy (non-hydrogen) atoms. The number of rotatable bonds is 7. The SMILES string of the molecule is CN(C)c1ccc(/C=N\NC(=O)Cc2csc(Nc3cccc(C(F)(F)F)c3)n2)o1. The van der Waals surface area contributed by atoms with Crippen molar-refractivity contribution in [1.82, 2.24) is 10.4 Å². The highest BCUT2D eigenvalue weighted by atomic mass is 32.1. The van der Waals surface area contributed by atoms with Crippen molar-refractivity contribution in [2.24, 2.45) is 5.10 Å². The zero-order valence-electron chi connectivity index (χ0n) is 16.0. The first-order chi connectivity index (χ1) is 14.2. The van der Waals surface area contributed by atoms with Gasteiger partial charge in [0.15, 0.2) is 11.0 Å². The molecule has 0 atom stereocenters. The average molecular weight is 437 g/mol. The third-order valence-corrected chi connectivity index (χ3v) is 4.58. The maximum Gasteiger partial charge on any atom is 0.416 e. The molecule has 0 aliphatic heterocycles. The van der Waals surface area contributed by atoms with Gasteiger partial charge in [0.25, 0.3) is 0 Å². The van der Waals surface area contributed by atoms with Gasteiger partial charge in [-0.3, -0.25) is 4.79 Å². The summed E-state index contributed by atoms with van der Waals surface area (Å²) in [5.74, 6) is 0.757. The summed E-state index contributed by atoms with van der Waals surface area (Å²) in [6, 6.07) is 8.31. The second-order valence-corrected chi connectivity index (χ2v) is 7.25. The molecule has 0 saturated heterocycles. The maximum atomic E-state index is 12.8. The van der Waals surface area contributed by atoms with E-state index in [1.165, 1.54) is 29.7 Å². The molecule has 11 heteroatoms. The van der Waals surface area contributed by atoms with Crippen molar-refractivity contribution in [1.29, 1.82) is 0 Å². The molecule has 0 bridgehead atoms. The molecule has 1 aromatic carbocycles. The number of carbonyl (C=O) groups is 1. The van der Waals surface area contributed by atoms with Gasteiger partial charge in [-0.05, 0) is 24.3 Å². The number of nitrogens with zero attached hydrogens (tertiary/aromatic N) is 3. The standard InChI is InChI=1S/C19H18F3N5O2S/c1-27(2)17-7-6-15(29-17)10-23-26-16(28)9-14-11-30-18(25-14)24-13-5-3-4-12(8-13)19(20,21)22/h3-8,10-11H,9H2,1-2H3,(H,24,25)(H,26,28)/b23-10-. The highest BCUT2D eigenvalue weighted by molar-refractivity contribution is 7.13. The zero-order chi connectivity index (χ0) is 21.7. The third-order valence-electron chi connectivity index (χ3n) is 3.77. The normalized spacial score (nSPS) is 11.6. The smallest absolute Gasteiger partial charge is 0.416 e. The van der Waals surface area contributed by atoms with Crippen LogP contribution >= 0.6 is 11.3 Å². The van der Waals surface area contributed by atoms with Crippen LogP contribution in [0.4, 0.5) is 29.9 Å². The van der Waals surface area contributed by atoms with E-state index in [9.17, 15) is 18.0 Å². The first kappa shape index (κ1) is 21.4. The summed E-state index contributed by atoms with van der Waals surface area (Å²) >= 11 is 1.18. The number of nitrogens with one attached hydrogen (secondary N) is 2. The molecule has 0 fully saturated rings. The number of benzene rings is 1. The van der Waals surface area contributed by atoms with E-state index >= 15 is 0 Å². The number of anilines is 3. The van der Waals surface area contributed by atoms with Crippen molar-refractivity contribution in [3.05, 3.63) is 58.8 Å². The number of hydrogen-bond donors (Lipinski definition) is 2. The van der Waals surface area contributed by atoms with E-state index in [0.717, 1.165) is 12.1 Å². The topological polar surface area (TPSA) is 82.8 Å². The molecule has 1 amide bonds. The number of alkyl halides is 3. The summed E-state index contributed by atoms with van der Waals surface area (Å²) in [5, 5.41) is 8.68. The van der Waals surface area contributed by atoms with E-state index in [0.29, 0.717) is 22.5 Å². The molecule has 0 radical (unpaired) electrons. The average Bonchev–Trinajstić information content (AvgIpc) is 3.31. The van der Waals surface area contributed by atoms with E-state index in [4.69, 9.17) is 4.42 Å².